The van der Waals surface area contributed by atoms with Crippen LogP contribution in [0.5, 0.6) is 5.75 Å². The maximum atomic E-state index is 13.7. The maximum absolute atomic E-state index is 13.7. The molecule has 0 fully saturated rings. The van der Waals surface area contributed by atoms with Crippen molar-refractivity contribution in [2.75, 3.05) is 7.11 Å². The summed E-state index contributed by atoms with van der Waals surface area (Å²) < 4.78 is 23.9. The van der Waals surface area contributed by atoms with Gasteiger partial charge in [0.15, 0.2) is 0 Å². The average Bonchev–Trinajstić information content (AvgIpc) is 2.43. The molecule has 0 aromatic heterocycles. The fourth-order valence-electron chi connectivity index (χ4n) is 1.95. The molecule has 0 spiro atoms. The predicted molar refractivity (Wildman–Crippen MR) is 76.6 cm³/mol. The van der Waals surface area contributed by atoms with Crippen LogP contribution in [0, 0.1) is 5.82 Å². The van der Waals surface area contributed by atoms with E-state index in [4.69, 9.17) is 9.47 Å². The zero-order valence-electron chi connectivity index (χ0n) is 12.4. The van der Waals surface area contributed by atoms with E-state index < -0.39 is 11.8 Å². The molecule has 1 unspecified atom stereocenters. The topological polar surface area (TPSA) is 35.5 Å². The lowest BCUT2D eigenvalue weighted by atomic mass is 10.1. The van der Waals surface area contributed by atoms with Gasteiger partial charge in [-0.1, -0.05) is 26.2 Å². The van der Waals surface area contributed by atoms with E-state index in [1.807, 2.05) is 6.92 Å². The third-order valence-corrected chi connectivity index (χ3v) is 3.17. The highest BCUT2D eigenvalue weighted by atomic mass is 19.1. The van der Waals surface area contributed by atoms with Gasteiger partial charge in [-0.15, -0.1) is 0 Å². The van der Waals surface area contributed by atoms with Crippen molar-refractivity contribution >= 4 is 5.97 Å². The Kier molecular flexibility index (Phi) is 7.05. The number of methoxy groups -OCH3 is 1. The van der Waals surface area contributed by atoms with Gasteiger partial charge in [-0.05, 0) is 31.9 Å². The molecule has 1 aromatic rings. The Morgan fingerprint density at radius 3 is 2.65 bits per heavy atom. The van der Waals surface area contributed by atoms with E-state index in [2.05, 4.69) is 6.92 Å². The van der Waals surface area contributed by atoms with Crippen LogP contribution in [-0.2, 0) is 4.74 Å². The van der Waals surface area contributed by atoms with Crippen LogP contribution in [0.25, 0.3) is 0 Å². The first kappa shape index (κ1) is 16.5. The summed E-state index contributed by atoms with van der Waals surface area (Å²) in [6.45, 7) is 3.99. The van der Waals surface area contributed by atoms with Gasteiger partial charge in [-0.3, -0.25) is 0 Å². The molecule has 0 bridgehead atoms. The van der Waals surface area contributed by atoms with Gasteiger partial charge in [0.2, 0.25) is 0 Å². The van der Waals surface area contributed by atoms with Crippen LogP contribution >= 0.6 is 0 Å². The number of halogens is 1. The number of ether oxygens (including phenoxy) is 2. The van der Waals surface area contributed by atoms with E-state index in [9.17, 15) is 9.18 Å². The van der Waals surface area contributed by atoms with E-state index in [0.29, 0.717) is 5.75 Å². The van der Waals surface area contributed by atoms with E-state index in [0.717, 1.165) is 19.3 Å². The van der Waals surface area contributed by atoms with E-state index in [-0.39, 0.29) is 11.7 Å². The van der Waals surface area contributed by atoms with Gasteiger partial charge in [-0.2, -0.15) is 0 Å². The SMILES string of the molecule is CCCCCCC(C)OC(=O)c1ccc(OC)cc1F. The molecular weight excluding hydrogens is 259 g/mol. The Hall–Kier alpha value is -1.58. The Morgan fingerprint density at radius 1 is 1.30 bits per heavy atom. The van der Waals surface area contributed by atoms with Gasteiger partial charge >= 0.3 is 5.97 Å². The largest absolute Gasteiger partial charge is 0.497 e. The molecule has 1 rings (SSSR count). The molecule has 0 heterocycles. The number of rotatable bonds is 8. The molecule has 3 nitrogen and oxygen atoms in total. The summed E-state index contributed by atoms with van der Waals surface area (Å²) in [6.07, 6.45) is 5.13. The number of hydrogen-bond acceptors (Lipinski definition) is 3. The maximum Gasteiger partial charge on any atom is 0.341 e. The molecule has 0 amide bonds. The monoisotopic (exact) mass is 282 g/mol. The fraction of sp³-hybridized carbons (Fsp3) is 0.562. The van der Waals surface area contributed by atoms with Crippen molar-refractivity contribution in [3.63, 3.8) is 0 Å². The third kappa shape index (κ3) is 5.19. The number of hydrogen-bond donors (Lipinski definition) is 0. The van der Waals surface area contributed by atoms with Crippen LogP contribution in [0.4, 0.5) is 4.39 Å². The van der Waals surface area contributed by atoms with Crippen LogP contribution in [0.1, 0.15) is 56.3 Å². The van der Waals surface area contributed by atoms with E-state index in [1.165, 1.54) is 32.1 Å². The van der Waals surface area contributed by atoms with Gasteiger partial charge in [0.25, 0.3) is 0 Å². The minimum atomic E-state index is -0.618. The smallest absolute Gasteiger partial charge is 0.341 e. The van der Waals surface area contributed by atoms with Gasteiger partial charge in [0, 0.05) is 6.07 Å². The lowest BCUT2D eigenvalue weighted by molar-refractivity contribution is 0.0314. The van der Waals surface area contributed by atoms with E-state index in [1.54, 1.807) is 6.07 Å². The molecule has 0 aliphatic rings. The lowest BCUT2D eigenvalue weighted by Gasteiger charge is -2.13. The first-order chi connectivity index (χ1) is 9.58. The highest BCUT2D eigenvalue weighted by Gasteiger charge is 2.16. The van der Waals surface area contributed by atoms with E-state index >= 15 is 0 Å². The van der Waals surface area contributed by atoms with Crippen LogP contribution in [0.3, 0.4) is 0 Å². The van der Waals surface area contributed by atoms with Gasteiger partial charge in [0.05, 0.1) is 18.8 Å². The van der Waals surface area contributed by atoms with Crippen LogP contribution < -0.4 is 4.74 Å². The van der Waals surface area contributed by atoms with Crippen LogP contribution in [0.2, 0.25) is 0 Å². The quantitative estimate of drug-likeness (QED) is 0.525. The second-order valence-corrected chi connectivity index (χ2v) is 4.91. The molecule has 0 saturated carbocycles. The van der Waals surface area contributed by atoms with Gasteiger partial charge in [-0.25, -0.2) is 9.18 Å². The summed E-state index contributed by atoms with van der Waals surface area (Å²) in [5.41, 5.74) is -0.0498. The summed E-state index contributed by atoms with van der Waals surface area (Å²) in [7, 11) is 1.45. The molecule has 112 valence electrons. The predicted octanol–water partition coefficient (Wildman–Crippen LogP) is 4.35. The normalized spacial score (nSPS) is 12.0. The summed E-state index contributed by atoms with van der Waals surface area (Å²) in [4.78, 5) is 11.9. The van der Waals surface area contributed by atoms with Crippen molar-refractivity contribution in [2.24, 2.45) is 0 Å². The zero-order chi connectivity index (χ0) is 15.0. The zero-order valence-corrected chi connectivity index (χ0v) is 12.4. The standard InChI is InChI=1S/C16H23FO3/c1-4-5-6-7-8-12(2)20-16(18)14-10-9-13(19-3)11-15(14)17/h9-12H,4-8H2,1-3H3. The fourth-order valence-corrected chi connectivity index (χ4v) is 1.95. The summed E-state index contributed by atoms with van der Waals surface area (Å²) in [5, 5.41) is 0. The third-order valence-electron chi connectivity index (χ3n) is 3.17. The first-order valence-corrected chi connectivity index (χ1v) is 7.13. The summed E-state index contributed by atoms with van der Waals surface area (Å²) in [6, 6.07) is 4.12. The Bertz CT molecular complexity index is 432. The highest BCUT2D eigenvalue weighted by molar-refractivity contribution is 5.90. The van der Waals surface area contributed by atoms with Crippen molar-refractivity contribution in [3.8, 4) is 5.75 Å². The Morgan fingerprint density at radius 2 is 2.05 bits per heavy atom. The molecule has 1 aromatic carbocycles. The molecule has 0 radical (unpaired) electrons. The molecule has 0 saturated heterocycles. The number of carbonyl (C=O) groups is 1. The second-order valence-electron chi connectivity index (χ2n) is 4.91. The molecule has 4 heteroatoms. The molecular formula is C16H23FO3. The number of unbranched alkanes of at least 4 members (excludes halogenated alkanes) is 3. The number of benzene rings is 1. The Balaban J connectivity index is 2.49. The summed E-state index contributed by atoms with van der Waals surface area (Å²) >= 11 is 0. The van der Waals surface area contributed by atoms with Gasteiger partial charge in [0.1, 0.15) is 11.6 Å². The first-order valence-electron chi connectivity index (χ1n) is 7.13. The Labute approximate surface area is 120 Å². The highest BCUT2D eigenvalue weighted by Crippen LogP contribution is 2.18. The lowest BCUT2D eigenvalue weighted by Crippen LogP contribution is -2.16. The van der Waals surface area contributed by atoms with Crippen molar-refractivity contribution in [3.05, 3.63) is 29.6 Å². The van der Waals surface area contributed by atoms with Crippen molar-refractivity contribution in [1.82, 2.24) is 0 Å². The van der Waals surface area contributed by atoms with Crippen molar-refractivity contribution in [1.29, 1.82) is 0 Å². The molecule has 0 aliphatic carbocycles. The van der Waals surface area contributed by atoms with Gasteiger partial charge < -0.3 is 9.47 Å². The molecule has 0 aliphatic heterocycles. The minimum Gasteiger partial charge on any atom is -0.497 e. The molecule has 20 heavy (non-hydrogen) atoms. The average molecular weight is 282 g/mol. The van der Waals surface area contributed by atoms with Crippen LogP contribution in [0.15, 0.2) is 18.2 Å². The van der Waals surface area contributed by atoms with Crippen molar-refractivity contribution < 1.29 is 18.7 Å². The molecule has 1 atom stereocenters. The van der Waals surface area contributed by atoms with Crippen LogP contribution in [-0.4, -0.2) is 19.2 Å². The minimum absolute atomic E-state index is 0.0498. The number of esters is 1. The molecule has 0 N–H and O–H groups in total. The number of carbonyl (C=O) groups excluding carboxylic acids is 1. The van der Waals surface area contributed by atoms with Crippen molar-refractivity contribution in [2.45, 2.75) is 52.1 Å². The summed E-state index contributed by atoms with van der Waals surface area (Å²) in [5.74, 6) is -0.854. The second kappa shape index (κ2) is 8.56.